The highest BCUT2D eigenvalue weighted by atomic mass is 19.1. The number of hydrogen-bond acceptors (Lipinski definition) is 7. The van der Waals surface area contributed by atoms with Gasteiger partial charge in [-0.25, -0.2) is 14.0 Å². The molecular formula is C34H36FN5O6. The molecule has 0 spiro atoms. The van der Waals surface area contributed by atoms with E-state index in [2.05, 4.69) is 27.0 Å². The average Bonchev–Trinajstić information content (AvgIpc) is 3.40. The average molecular weight is 630 g/mol. The lowest BCUT2D eigenvalue weighted by Gasteiger charge is -2.21. The maximum atomic E-state index is 14.2. The highest BCUT2D eigenvalue weighted by molar-refractivity contribution is 6.09. The molecule has 1 aromatic heterocycles. The number of amides is 3. The van der Waals surface area contributed by atoms with Gasteiger partial charge in [-0.3, -0.25) is 4.79 Å². The smallest absolute Gasteiger partial charge is 0.407 e. The number of carbonyl (C=O) groups is 3. The number of hydrogen-bond donors (Lipinski definition) is 4. The molecule has 1 heterocycles. The summed E-state index contributed by atoms with van der Waals surface area (Å²) in [5, 5.41) is 17.8. The first-order valence-corrected chi connectivity index (χ1v) is 14.6. The maximum absolute atomic E-state index is 14.2. The van der Waals surface area contributed by atoms with E-state index in [1.54, 1.807) is 51.1 Å². The Hall–Kier alpha value is -5.41. The van der Waals surface area contributed by atoms with Crippen molar-refractivity contribution < 1.29 is 33.0 Å². The van der Waals surface area contributed by atoms with Gasteiger partial charge in [0.05, 0.1) is 30.9 Å². The molecule has 4 N–H and O–H groups in total. The number of aromatic amines is 1. The van der Waals surface area contributed by atoms with Crippen LogP contribution in [0.15, 0.2) is 72.8 Å². The number of aromatic nitrogens is 1. The zero-order valence-electron chi connectivity index (χ0n) is 25.8. The third kappa shape index (κ3) is 9.80. The van der Waals surface area contributed by atoms with Gasteiger partial charge in [-0.2, -0.15) is 5.26 Å². The largest absolute Gasteiger partial charge is 0.445 e. The summed E-state index contributed by atoms with van der Waals surface area (Å²) >= 11 is 0. The van der Waals surface area contributed by atoms with Crippen LogP contribution in [0.4, 0.5) is 14.0 Å². The molecular weight excluding hydrogens is 593 g/mol. The van der Waals surface area contributed by atoms with E-state index in [4.69, 9.17) is 14.2 Å². The van der Waals surface area contributed by atoms with E-state index in [0.29, 0.717) is 27.6 Å². The topological polar surface area (TPSA) is 155 Å². The monoisotopic (exact) mass is 629 g/mol. The van der Waals surface area contributed by atoms with E-state index in [1.165, 1.54) is 12.1 Å². The first-order valence-electron chi connectivity index (χ1n) is 14.6. The van der Waals surface area contributed by atoms with Crippen molar-refractivity contribution in [3.05, 3.63) is 95.4 Å². The van der Waals surface area contributed by atoms with Crippen molar-refractivity contribution in [3.8, 4) is 17.2 Å². The Balaban J connectivity index is 1.44. The van der Waals surface area contributed by atoms with Crippen LogP contribution in [0.1, 0.15) is 42.4 Å². The van der Waals surface area contributed by atoms with Crippen LogP contribution >= 0.6 is 0 Å². The van der Waals surface area contributed by atoms with Crippen LogP contribution in [0, 0.1) is 17.1 Å². The standard InChI is InChI=1S/C34H36FN5O6/c1-34(2,3)46-32(42)37-15-16-44-21-26(39-33(43)45-20-23-7-5-4-6-8-23)19-38-31(41)30-29(24-11-9-22(18-36)10-12-24)27-17-25(35)13-14-28(27)40-30/h4-14,17,26,40H,15-16,19-21H2,1-3H3,(H,37,42)(H,38,41)(H,39,43)/t26-/m1/s1. The molecule has 0 aliphatic heterocycles. The van der Waals surface area contributed by atoms with E-state index in [0.717, 1.165) is 5.56 Å². The molecule has 3 amide bonds. The van der Waals surface area contributed by atoms with Gasteiger partial charge in [0.2, 0.25) is 0 Å². The normalized spacial score (nSPS) is 11.7. The molecule has 0 radical (unpaired) electrons. The van der Waals surface area contributed by atoms with E-state index < -0.39 is 35.6 Å². The fraction of sp³-hybridized carbons (Fsp3) is 0.294. The minimum Gasteiger partial charge on any atom is -0.445 e. The van der Waals surface area contributed by atoms with Gasteiger partial charge >= 0.3 is 12.2 Å². The molecule has 11 nitrogen and oxygen atoms in total. The number of rotatable bonds is 12. The number of nitrogens with one attached hydrogen (secondary N) is 4. The predicted octanol–water partition coefficient (Wildman–Crippen LogP) is 5.41. The van der Waals surface area contributed by atoms with Gasteiger partial charge in [-0.1, -0.05) is 42.5 Å². The number of alkyl carbamates (subject to hydrolysis) is 2. The lowest BCUT2D eigenvalue weighted by molar-refractivity contribution is 0.0490. The molecule has 0 fully saturated rings. The Labute approximate surface area is 266 Å². The summed E-state index contributed by atoms with van der Waals surface area (Å²) in [6.07, 6.45) is -1.29. The van der Waals surface area contributed by atoms with E-state index >= 15 is 0 Å². The van der Waals surface area contributed by atoms with Crippen LogP contribution < -0.4 is 16.0 Å². The predicted molar refractivity (Wildman–Crippen MR) is 169 cm³/mol. The van der Waals surface area contributed by atoms with Gasteiger partial charge in [-0.15, -0.1) is 0 Å². The molecule has 46 heavy (non-hydrogen) atoms. The minimum absolute atomic E-state index is 0.0168. The molecule has 0 unspecified atom stereocenters. The quantitative estimate of drug-likeness (QED) is 0.153. The summed E-state index contributed by atoms with van der Waals surface area (Å²) < 4.78 is 30.5. The number of halogens is 1. The van der Waals surface area contributed by atoms with Crippen molar-refractivity contribution in [2.24, 2.45) is 0 Å². The van der Waals surface area contributed by atoms with Crippen LogP contribution in [0.3, 0.4) is 0 Å². The minimum atomic E-state index is -0.714. The Morgan fingerprint density at radius 1 is 0.978 bits per heavy atom. The van der Waals surface area contributed by atoms with E-state index in [1.807, 2.05) is 30.3 Å². The fourth-order valence-electron chi connectivity index (χ4n) is 4.50. The van der Waals surface area contributed by atoms with Gasteiger partial charge in [0.15, 0.2) is 0 Å². The summed E-state index contributed by atoms with van der Waals surface area (Å²) in [6.45, 7) is 5.52. The lowest BCUT2D eigenvalue weighted by Crippen LogP contribution is -2.47. The summed E-state index contributed by atoms with van der Waals surface area (Å²) in [5.74, 6) is -0.975. The zero-order valence-corrected chi connectivity index (χ0v) is 25.8. The number of fused-ring (bicyclic) bond motifs is 1. The Kier molecular flexibility index (Phi) is 11.3. The molecule has 0 aliphatic rings. The van der Waals surface area contributed by atoms with Crippen LogP contribution in [0.2, 0.25) is 0 Å². The van der Waals surface area contributed by atoms with Crippen molar-refractivity contribution in [3.63, 3.8) is 0 Å². The molecule has 0 aliphatic carbocycles. The number of nitriles is 1. The van der Waals surface area contributed by atoms with Gasteiger partial charge in [0, 0.05) is 29.6 Å². The van der Waals surface area contributed by atoms with Gasteiger partial charge in [-0.05, 0) is 62.2 Å². The molecule has 0 saturated carbocycles. The zero-order chi connectivity index (χ0) is 33.1. The van der Waals surface area contributed by atoms with E-state index in [-0.39, 0.29) is 38.6 Å². The Morgan fingerprint density at radius 2 is 1.72 bits per heavy atom. The second-order valence-corrected chi connectivity index (χ2v) is 11.4. The first kappa shape index (κ1) is 33.5. The molecule has 0 bridgehead atoms. The van der Waals surface area contributed by atoms with Gasteiger partial charge in [0.25, 0.3) is 5.91 Å². The summed E-state index contributed by atoms with van der Waals surface area (Å²) in [4.78, 5) is 41.2. The lowest BCUT2D eigenvalue weighted by atomic mass is 10.00. The number of benzene rings is 3. The van der Waals surface area contributed by atoms with Crippen molar-refractivity contribution >= 4 is 29.0 Å². The Bertz CT molecular complexity index is 1690. The van der Waals surface area contributed by atoms with E-state index in [9.17, 15) is 24.0 Å². The maximum Gasteiger partial charge on any atom is 0.407 e. The number of nitrogens with zero attached hydrogens (tertiary/aromatic N) is 1. The third-order valence-corrected chi connectivity index (χ3v) is 6.57. The highest BCUT2D eigenvalue weighted by Crippen LogP contribution is 2.33. The van der Waals surface area contributed by atoms with Crippen molar-refractivity contribution in [2.45, 2.75) is 39.0 Å². The molecule has 3 aromatic carbocycles. The highest BCUT2D eigenvalue weighted by Gasteiger charge is 2.22. The van der Waals surface area contributed by atoms with Gasteiger partial charge in [0.1, 0.15) is 23.7 Å². The Morgan fingerprint density at radius 3 is 2.41 bits per heavy atom. The second kappa shape index (κ2) is 15.5. The summed E-state index contributed by atoms with van der Waals surface area (Å²) in [6, 6.07) is 21.3. The first-order chi connectivity index (χ1) is 22.0. The van der Waals surface area contributed by atoms with Crippen molar-refractivity contribution in [1.82, 2.24) is 20.9 Å². The number of H-pyrrole nitrogens is 1. The second-order valence-electron chi connectivity index (χ2n) is 11.4. The third-order valence-electron chi connectivity index (χ3n) is 6.57. The number of carbonyl (C=O) groups excluding carboxylic acids is 3. The summed E-state index contributed by atoms with van der Waals surface area (Å²) in [7, 11) is 0. The van der Waals surface area contributed by atoms with Crippen LogP contribution in [-0.4, -0.2) is 61.0 Å². The van der Waals surface area contributed by atoms with Crippen molar-refractivity contribution in [1.29, 1.82) is 5.26 Å². The molecule has 240 valence electrons. The summed E-state index contributed by atoms with van der Waals surface area (Å²) in [5.41, 5.74) is 2.41. The number of ether oxygens (including phenoxy) is 3. The molecule has 0 saturated heterocycles. The van der Waals surface area contributed by atoms with Crippen LogP contribution in [0.5, 0.6) is 0 Å². The molecule has 12 heteroatoms. The fourth-order valence-corrected chi connectivity index (χ4v) is 4.50. The van der Waals surface area contributed by atoms with Crippen LogP contribution in [0.25, 0.3) is 22.0 Å². The molecule has 1 atom stereocenters. The van der Waals surface area contributed by atoms with Crippen LogP contribution in [-0.2, 0) is 20.8 Å². The molecule has 4 rings (SSSR count). The van der Waals surface area contributed by atoms with Gasteiger partial charge < -0.3 is 35.1 Å². The SMILES string of the molecule is CC(C)(C)OC(=O)NCCOC[C@@H](CNC(=O)c1[nH]c2ccc(F)cc2c1-c1ccc(C#N)cc1)NC(=O)OCc1ccccc1. The molecule has 4 aromatic rings. The van der Waals surface area contributed by atoms with Crippen molar-refractivity contribution in [2.75, 3.05) is 26.3 Å².